The Labute approximate surface area is 122 Å². The van der Waals surface area contributed by atoms with Crippen molar-refractivity contribution in [2.45, 2.75) is 4.90 Å². The van der Waals surface area contributed by atoms with E-state index in [9.17, 15) is 4.79 Å². The molecule has 0 aliphatic carbocycles. The molecule has 0 spiro atoms. The summed E-state index contributed by atoms with van der Waals surface area (Å²) in [6.07, 6.45) is 0. The van der Waals surface area contributed by atoms with Gasteiger partial charge in [-0.1, -0.05) is 48.5 Å². The van der Waals surface area contributed by atoms with Crippen LogP contribution in [-0.2, 0) is 0 Å². The van der Waals surface area contributed by atoms with Crippen LogP contribution in [0.25, 0.3) is 10.8 Å². The first-order valence-electron chi connectivity index (χ1n) is 6.33. The predicted molar refractivity (Wildman–Crippen MR) is 85.6 cm³/mol. The van der Waals surface area contributed by atoms with Crippen molar-refractivity contribution in [2.24, 2.45) is 0 Å². The highest BCUT2D eigenvalue weighted by Gasteiger charge is 2.10. The number of thiol groups is 1. The van der Waals surface area contributed by atoms with E-state index in [4.69, 9.17) is 0 Å². The lowest BCUT2D eigenvalue weighted by Crippen LogP contribution is -2.12. The molecule has 0 saturated carbocycles. The molecule has 1 N–H and O–H groups in total. The predicted octanol–water partition coefficient (Wildman–Crippen LogP) is 4.38. The van der Waals surface area contributed by atoms with Crippen LogP contribution in [0.1, 0.15) is 10.4 Å². The van der Waals surface area contributed by atoms with E-state index in [0.29, 0.717) is 11.3 Å². The first-order chi connectivity index (χ1) is 9.75. The second kappa shape index (κ2) is 5.39. The van der Waals surface area contributed by atoms with Gasteiger partial charge in [-0.15, -0.1) is 12.6 Å². The molecule has 0 aliphatic rings. The Hall–Kier alpha value is -2.26. The Morgan fingerprint density at radius 2 is 1.55 bits per heavy atom. The second-order valence-corrected chi connectivity index (χ2v) is 4.98. The van der Waals surface area contributed by atoms with E-state index < -0.39 is 0 Å². The van der Waals surface area contributed by atoms with Crippen LogP contribution in [0.3, 0.4) is 0 Å². The fraction of sp³-hybridized carbons (Fsp3) is 0. The number of hydrogen-bond acceptors (Lipinski definition) is 2. The third-order valence-electron chi connectivity index (χ3n) is 3.19. The molecule has 2 nitrogen and oxygen atoms in total. The molecule has 0 fully saturated rings. The van der Waals surface area contributed by atoms with Gasteiger partial charge in [0.25, 0.3) is 5.91 Å². The molecule has 0 aromatic heterocycles. The van der Waals surface area contributed by atoms with Crippen molar-refractivity contribution in [2.75, 3.05) is 5.32 Å². The number of anilines is 1. The summed E-state index contributed by atoms with van der Waals surface area (Å²) < 4.78 is 0. The lowest BCUT2D eigenvalue weighted by Gasteiger charge is -2.09. The van der Waals surface area contributed by atoms with Gasteiger partial charge in [-0.05, 0) is 29.0 Å². The summed E-state index contributed by atoms with van der Waals surface area (Å²) >= 11 is 4.34. The maximum absolute atomic E-state index is 12.4. The molecule has 3 rings (SSSR count). The van der Waals surface area contributed by atoms with Gasteiger partial charge in [0.1, 0.15) is 0 Å². The van der Waals surface area contributed by atoms with Crippen molar-refractivity contribution >= 4 is 35.0 Å². The fourth-order valence-corrected chi connectivity index (χ4v) is 2.41. The lowest BCUT2D eigenvalue weighted by molar-refractivity contribution is 0.102. The van der Waals surface area contributed by atoms with Gasteiger partial charge in [0.2, 0.25) is 0 Å². The van der Waals surface area contributed by atoms with E-state index in [1.54, 1.807) is 0 Å². The van der Waals surface area contributed by atoms with Crippen LogP contribution in [0.2, 0.25) is 0 Å². The Morgan fingerprint density at radius 3 is 2.40 bits per heavy atom. The van der Waals surface area contributed by atoms with Gasteiger partial charge in [-0.2, -0.15) is 0 Å². The molecular weight excluding hydrogens is 266 g/mol. The molecule has 3 heteroatoms. The minimum Gasteiger partial charge on any atom is -0.321 e. The van der Waals surface area contributed by atoms with Crippen LogP contribution in [0, 0.1) is 0 Å². The van der Waals surface area contributed by atoms with Crippen LogP contribution in [-0.4, -0.2) is 5.91 Å². The number of carbonyl (C=O) groups is 1. The fourth-order valence-electron chi connectivity index (χ4n) is 2.19. The van der Waals surface area contributed by atoms with Crippen molar-refractivity contribution in [3.05, 3.63) is 72.3 Å². The van der Waals surface area contributed by atoms with Crippen molar-refractivity contribution in [3.63, 3.8) is 0 Å². The molecule has 3 aromatic carbocycles. The smallest absolute Gasteiger partial charge is 0.256 e. The molecule has 0 bridgehead atoms. The molecule has 0 unspecified atom stereocenters. The summed E-state index contributed by atoms with van der Waals surface area (Å²) in [6.45, 7) is 0. The maximum Gasteiger partial charge on any atom is 0.256 e. The molecule has 0 aliphatic heterocycles. The number of carbonyl (C=O) groups excluding carboxylic acids is 1. The summed E-state index contributed by atoms with van der Waals surface area (Å²) in [7, 11) is 0. The quantitative estimate of drug-likeness (QED) is 0.670. The Morgan fingerprint density at radius 1 is 0.850 bits per heavy atom. The van der Waals surface area contributed by atoms with Gasteiger partial charge >= 0.3 is 0 Å². The highest BCUT2D eigenvalue weighted by molar-refractivity contribution is 7.80. The van der Waals surface area contributed by atoms with Gasteiger partial charge in [-0.3, -0.25) is 4.79 Å². The Bertz CT molecular complexity index is 777. The van der Waals surface area contributed by atoms with E-state index >= 15 is 0 Å². The number of amides is 1. The largest absolute Gasteiger partial charge is 0.321 e. The second-order valence-electron chi connectivity index (χ2n) is 4.50. The van der Waals surface area contributed by atoms with Crippen molar-refractivity contribution in [3.8, 4) is 0 Å². The number of benzene rings is 3. The van der Waals surface area contributed by atoms with Crippen molar-refractivity contribution in [1.29, 1.82) is 0 Å². The number of rotatable bonds is 2. The zero-order valence-electron chi connectivity index (χ0n) is 10.7. The van der Waals surface area contributed by atoms with Gasteiger partial charge in [0.15, 0.2) is 0 Å². The van der Waals surface area contributed by atoms with Crippen LogP contribution in [0.5, 0.6) is 0 Å². The SMILES string of the molecule is O=C(Nc1ccccc1S)c1cccc2ccccc12. The van der Waals surface area contributed by atoms with Crippen molar-refractivity contribution < 1.29 is 4.79 Å². The Balaban J connectivity index is 1.99. The average Bonchev–Trinajstić information content (AvgIpc) is 2.49. The zero-order chi connectivity index (χ0) is 13.9. The van der Waals surface area contributed by atoms with Gasteiger partial charge in [-0.25, -0.2) is 0 Å². The highest BCUT2D eigenvalue weighted by Crippen LogP contribution is 2.22. The summed E-state index contributed by atoms with van der Waals surface area (Å²) in [5, 5.41) is 4.91. The zero-order valence-corrected chi connectivity index (χ0v) is 11.6. The van der Waals surface area contributed by atoms with Gasteiger partial charge < -0.3 is 5.32 Å². The number of hydrogen-bond donors (Lipinski definition) is 2. The van der Waals surface area contributed by atoms with E-state index in [1.165, 1.54) is 0 Å². The standard InChI is InChI=1S/C17H13NOS/c19-17(18-15-10-3-4-11-16(15)20)14-9-5-7-12-6-1-2-8-13(12)14/h1-11,20H,(H,18,19). The molecule has 0 radical (unpaired) electrons. The third kappa shape index (κ3) is 2.40. The minimum absolute atomic E-state index is 0.122. The molecule has 0 heterocycles. The van der Waals surface area contributed by atoms with Gasteiger partial charge in [0, 0.05) is 10.5 Å². The van der Waals surface area contributed by atoms with E-state index in [-0.39, 0.29) is 5.91 Å². The number of fused-ring (bicyclic) bond motifs is 1. The molecule has 20 heavy (non-hydrogen) atoms. The third-order valence-corrected chi connectivity index (χ3v) is 3.58. The monoisotopic (exact) mass is 279 g/mol. The van der Waals surface area contributed by atoms with E-state index in [0.717, 1.165) is 15.7 Å². The topological polar surface area (TPSA) is 29.1 Å². The summed E-state index contributed by atoms with van der Waals surface area (Å²) in [4.78, 5) is 13.2. The Kier molecular flexibility index (Phi) is 3.44. The van der Waals surface area contributed by atoms with E-state index in [1.807, 2.05) is 66.7 Å². The summed E-state index contributed by atoms with van der Waals surface area (Å²) in [5.74, 6) is -0.122. The molecule has 3 aromatic rings. The van der Waals surface area contributed by atoms with E-state index in [2.05, 4.69) is 17.9 Å². The average molecular weight is 279 g/mol. The molecule has 1 amide bonds. The minimum atomic E-state index is -0.122. The normalized spacial score (nSPS) is 10.4. The van der Waals surface area contributed by atoms with Crippen LogP contribution >= 0.6 is 12.6 Å². The van der Waals surface area contributed by atoms with Crippen molar-refractivity contribution in [1.82, 2.24) is 0 Å². The molecular formula is C17H13NOS. The molecule has 0 atom stereocenters. The lowest BCUT2D eigenvalue weighted by atomic mass is 10.0. The number of nitrogens with one attached hydrogen (secondary N) is 1. The molecule has 98 valence electrons. The summed E-state index contributed by atoms with van der Waals surface area (Å²) in [5.41, 5.74) is 1.38. The van der Waals surface area contributed by atoms with Crippen LogP contribution in [0.4, 0.5) is 5.69 Å². The molecule has 0 saturated heterocycles. The first-order valence-corrected chi connectivity index (χ1v) is 6.77. The first kappa shape index (κ1) is 12.8. The number of para-hydroxylation sites is 1. The van der Waals surface area contributed by atoms with Gasteiger partial charge in [0.05, 0.1) is 5.69 Å². The van der Waals surface area contributed by atoms with Crippen LogP contribution in [0.15, 0.2) is 71.6 Å². The summed E-state index contributed by atoms with van der Waals surface area (Å²) in [6, 6.07) is 21.0. The highest BCUT2D eigenvalue weighted by atomic mass is 32.1. The maximum atomic E-state index is 12.4. The van der Waals surface area contributed by atoms with Crippen LogP contribution < -0.4 is 5.32 Å².